The molecule has 2 unspecified atom stereocenters. The third kappa shape index (κ3) is 5.34. The molecule has 2 aliphatic rings. The number of carbonyl (C=O) groups excluding carboxylic acids is 1. The van der Waals surface area contributed by atoms with Crippen LogP contribution in [0.4, 0.5) is 4.79 Å². The molecule has 2 heterocycles. The minimum absolute atomic E-state index is 0. The number of amides is 1. The van der Waals surface area contributed by atoms with Crippen LogP contribution in [0.2, 0.25) is 0 Å². The predicted molar refractivity (Wildman–Crippen MR) is 100 cm³/mol. The number of morpholine rings is 2. The van der Waals surface area contributed by atoms with Crippen LogP contribution in [0.3, 0.4) is 0 Å². The second-order valence-electron chi connectivity index (χ2n) is 7.77. The zero-order chi connectivity index (χ0) is 18.0. The smallest absolute Gasteiger partial charge is 0.410 e. The summed E-state index contributed by atoms with van der Waals surface area (Å²) in [7, 11) is 0. The Morgan fingerprint density at radius 2 is 1.77 bits per heavy atom. The van der Waals surface area contributed by atoms with Crippen molar-refractivity contribution in [2.75, 3.05) is 26.2 Å². The lowest BCUT2D eigenvalue weighted by Gasteiger charge is -2.45. The Balaban J connectivity index is 0.00000243. The molecule has 1 aromatic rings. The molecule has 7 heteroatoms. The van der Waals surface area contributed by atoms with Gasteiger partial charge < -0.3 is 14.4 Å². The van der Waals surface area contributed by atoms with Crippen LogP contribution < -0.4 is 0 Å². The normalized spacial score (nSPS) is 22.9. The number of fused-ring (bicyclic) bond motifs is 2. The lowest BCUT2D eigenvalue weighted by atomic mass is 10.1. The fourth-order valence-electron chi connectivity index (χ4n) is 3.32. The molecule has 2 atom stereocenters. The number of hydrogen-bond acceptors (Lipinski definition) is 5. The van der Waals surface area contributed by atoms with Crippen molar-refractivity contribution in [3.05, 3.63) is 35.4 Å². The van der Waals surface area contributed by atoms with Crippen molar-refractivity contribution >= 4 is 18.5 Å². The van der Waals surface area contributed by atoms with Crippen molar-refractivity contribution in [2.24, 2.45) is 0 Å². The first kappa shape index (κ1) is 20.5. The van der Waals surface area contributed by atoms with E-state index in [1.165, 1.54) is 5.56 Å². The number of benzene rings is 1. The molecule has 2 bridgehead atoms. The summed E-state index contributed by atoms with van der Waals surface area (Å²) in [4.78, 5) is 16.4. The van der Waals surface area contributed by atoms with Crippen LogP contribution in [0.5, 0.6) is 0 Å². The van der Waals surface area contributed by atoms with Gasteiger partial charge in [-0.15, -0.1) is 12.4 Å². The molecule has 2 fully saturated rings. The van der Waals surface area contributed by atoms with Crippen LogP contribution >= 0.6 is 12.4 Å². The van der Waals surface area contributed by atoms with Gasteiger partial charge in [-0.2, -0.15) is 5.26 Å². The van der Waals surface area contributed by atoms with E-state index >= 15 is 0 Å². The molecule has 6 nitrogen and oxygen atoms in total. The molecule has 1 aromatic carbocycles. The van der Waals surface area contributed by atoms with Gasteiger partial charge in [0.2, 0.25) is 0 Å². The zero-order valence-corrected chi connectivity index (χ0v) is 16.3. The third-order valence-corrected chi connectivity index (χ3v) is 4.30. The standard InChI is InChI=1S/C19H25N3O3.ClH/c1-19(2,3)25-18(23)22-12-16-10-21(11-17(13-22)24-16)9-15-6-4-14(8-20)5-7-15;/h4-7,16-17H,9-13H2,1-3H3;1H. The molecule has 0 spiro atoms. The quantitative estimate of drug-likeness (QED) is 0.790. The van der Waals surface area contributed by atoms with E-state index in [1.807, 2.05) is 45.0 Å². The molecular formula is C19H26ClN3O3. The highest BCUT2D eigenvalue weighted by molar-refractivity contribution is 5.85. The number of carbonyl (C=O) groups is 1. The first-order valence-corrected chi connectivity index (χ1v) is 8.67. The van der Waals surface area contributed by atoms with Crippen molar-refractivity contribution in [3.8, 4) is 6.07 Å². The first-order valence-electron chi connectivity index (χ1n) is 8.67. The van der Waals surface area contributed by atoms with Crippen molar-refractivity contribution in [2.45, 2.75) is 45.1 Å². The van der Waals surface area contributed by atoms with Crippen molar-refractivity contribution < 1.29 is 14.3 Å². The Morgan fingerprint density at radius 3 is 2.27 bits per heavy atom. The molecule has 2 aliphatic heterocycles. The number of rotatable bonds is 2. The van der Waals surface area contributed by atoms with Crippen molar-refractivity contribution in [1.29, 1.82) is 5.26 Å². The predicted octanol–water partition coefficient (Wildman–Crippen LogP) is 2.80. The number of nitriles is 1. The van der Waals surface area contributed by atoms with E-state index in [-0.39, 0.29) is 30.7 Å². The molecule has 1 amide bonds. The zero-order valence-electron chi connectivity index (χ0n) is 15.5. The van der Waals surface area contributed by atoms with E-state index in [0.29, 0.717) is 18.7 Å². The second kappa shape index (κ2) is 8.26. The third-order valence-electron chi connectivity index (χ3n) is 4.30. The largest absolute Gasteiger partial charge is 0.444 e. The van der Waals surface area contributed by atoms with Crippen molar-refractivity contribution in [3.63, 3.8) is 0 Å². The van der Waals surface area contributed by atoms with Crippen LogP contribution in [0, 0.1) is 11.3 Å². The van der Waals surface area contributed by atoms with Gasteiger partial charge in [0.05, 0.1) is 36.9 Å². The highest BCUT2D eigenvalue weighted by Crippen LogP contribution is 2.22. The molecule has 0 aromatic heterocycles. The van der Waals surface area contributed by atoms with Crippen LogP contribution in [0.15, 0.2) is 24.3 Å². The highest BCUT2D eigenvalue weighted by atomic mass is 35.5. The van der Waals surface area contributed by atoms with E-state index in [1.54, 1.807) is 4.90 Å². The Hall–Kier alpha value is -1.81. The fraction of sp³-hybridized carbons (Fsp3) is 0.579. The van der Waals surface area contributed by atoms with Gasteiger partial charge in [-0.05, 0) is 38.5 Å². The van der Waals surface area contributed by atoms with Crippen LogP contribution in [0.25, 0.3) is 0 Å². The maximum absolute atomic E-state index is 12.3. The van der Waals surface area contributed by atoms with E-state index in [0.717, 1.165) is 19.6 Å². The van der Waals surface area contributed by atoms with Gasteiger partial charge in [0.15, 0.2) is 0 Å². The molecule has 0 N–H and O–H groups in total. The Labute approximate surface area is 161 Å². The Bertz CT molecular complexity index is 652. The molecular weight excluding hydrogens is 354 g/mol. The summed E-state index contributed by atoms with van der Waals surface area (Å²) in [6.07, 6.45) is -0.233. The van der Waals surface area contributed by atoms with Crippen LogP contribution in [0.1, 0.15) is 31.9 Å². The fourth-order valence-corrected chi connectivity index (χ4v) is 3.32. The van der Waals surface area contributed by atoms with E-state index < -0.39 is 5.60 Å². The second-order valence-corrected chi connectivity index (χ2v) is 7.77. The average Bonchev–Trinajstić information content (AvgIpc) is 2.53. The van der Waals surface area contributed by atoms with Gasteiger partial charge >= 0.3 is 6.09 Å². The molecule has 0 radical (unpaired) electrons. The summed E-state index contributed by atoms with van der Waals surface area (Å²) in [5.41, 5.74) is 1.38. The van der Waals surface area contributed by atoms with Gasteiger partial charge in [0.1, 0.15) is 5.60 Å². The highest BCUT2D eigenvalue weighted by Gasteiger charge is 2.38. The number of ether oxygens (including phenoxy) is 2. The first-order chi connectivity index (χ1) is 11.8. The molecule has 2 saturated heterocycles. The van der Waals surface area contributed by atoms with E-state index in [9.17, 15) is 4.79 Å². The van der Waals surface area contributed by atoms with E-state index in [2.05, 4.69) is 11.0 Å². The summed E-state index contributed by atoms with van der Waals surface area (Å²) >= 11 is 0. The van der Waals surface area contributed by atoms with Crippen molar-refractivity contribution in [1.82, 2.24) is 9.80 Å². The van der Waals surface area contributed by atoms with Gasteiger partial charge in [-0.25, -0.2) is 4.79 Å². The maximum atomic E-state index is 12.3. The number of halogens is 1. The molecule has 26 heavy (non-hydrogen) atoms. The number of hydrogen-bond donors (Lipinski definition) is 0. The summed E-state index contributed by atoms with van der Waals surface area (Å²) in [6, 6.07) is 9.83. The minimum atomic E-state index is -0.480. The summed E-state index contributed by atoms with van der Waals surface area (Å²) in [5.74, 6) is 0. The topological polar surface area (TPSA) is 65.8 Å². The molecule has 142 valence electrons. The van der Waals surface area contributed by atoms with Gasteiger partial charge in [0.25, 0.3) is 0 Å². The van der Waals surface area contributed by atoms with Crippen LogP contribution in [-0.4, -0.2) is 59.9 Å². The van der Waals surface area contributed by atoms with Gasteiger partial charge in [-0.3, -0.25) is 4.90 Å². The molecule has 0 saturated carbocycles. The molecule has 0 aliphatic carbocycles. The van der Waals surface area contributed by atoms with Gasteiger partial charge in [0, 0.05) is 19.6 Å². The SMILES string of the molecule is CC(C)(C)OC(=O)N1CC2CN(Cc3ccc(C#N)cc3)CC(C1)O2.Cl. The minimum Gasteiger partial charge on any atom is -0.444 e. The Morgan fingerprint density at radius 1 is 1.19 bits per heavy atom. The summed E-state index contributed by atoms with van der Waals surface area (Å²) < 4.78 is 11.5. The van der Waals surface area contributed by atoms with E-state index in [4.69, 9.17) is 14.7 Å². The van der Waals surface area contributed by atoms with Crippen LogP contribution in [-0.2, 0) is 16.0 Å². The van der Waals surface area contributed by atoms with Gasteiger partial charge in [-0.1, -0.05) is 12.1 Å². The monoisotopic (exact) mass is 379 g/mol. The Kier molecular flexibility index (Phi) is 6.51. The lowest BCUT2D eigenvalue weighted by Crippen LogP contribution is -2.60. The molecule has 3 rings (SSSR count). The number of nitrogens with zero attached hydrogens (tertiary/aromatic N) is 3. The maximum Gasteiger partial charge on any atom is 0.410 e. The summed E-state index contributed by atoms with van der Waals surface area (Å²) in [6.45, 7) is 9.17. The average molecular weight is 380 g/mol. The lowest BCUT2D eigenvalue weighted by molar-refractivity contribution is -0.137. The summed E-state index contributed by atoms with van der Waals surface area (Å²) in [5, 5.41) is 8.88.